The van der Waals surface area contributed by atoms with E-state index in [1.807, 2.05) is 48.7 Å². The van der Waals surface area contributed by atoms with Crippen LogP contribution in [0.3, 0.4) is 0 Å². The standard InChI is InChI=1S/C23H27N5O2/c1-17-14-27(15-18(2)30-17)16-19-6-8-20(9-7-19)23(29)25-13-21-5-3-10-24-22(21)28-12-4-11-26-28/h3-12,17-18H,13-16H2,1-2H3,(H,25,29)/t17-,18-/m1/s1. The summed E-state index contributed by atoms with van der Waals surface area (Å²) < 4.78 is 7.49. The molecule has 2 atom stereocenters. The number of morpholine rings is 1. The van der Waals surface area contributed by atoms with E-state index in [2.05, 4.69) is 34.1 Å². The lowest BCUT2D eigenvalue weighted by Gasteiger charge is -2.35. The molecular weight excluding hydrogens is 378 g/mol. The van der Waals surface area contributed by atoms with Crippen molar-refractivity contribution in [3.05, 3.63) is 77.7 Å². The van der Waals surface area contributed by atoms with Gasteiger partial charge in [-0.05, 0) is 43.7 Å². The number of pyridine rings is 1. The zero-order valence-corrected chi connectivity index (χ0v) is 17.4. The van der Waals surface area contributed by atoms with Crippen molar-refractivity contribution in [1.82, 2.24) is 25.0 Å². The van der Waals surface area contributed by atoms with Crippen LogP contribution in [-0.4, -0.2) is 50.9 Å². The molecule has 0 unspecified atom stereocenters. The maximum Gasteiger partial charge on any atom is 0.251 e. The molecule has 30 heavy (non-hydrogen) atoms. The summed E-state index contributed by atoms with van der Waals surface area (Å²) in [4.78, 5) is 19.4. The summed E-state index contributed by atoms with van der Waals surface area (Å²) >= 11 is 0. The SMILES string of the molecule is C[C@@H]1CN(Cc2ccc(C(=O)NCc3cccnc3-n3cccn3)cc2)C[C@@H](C)O1. The van der Waals surface area contributed by atoms with E-state index in [4.69, 9.17) is 4.74 Å². The van der Waals surface area contributed by atoms with Crippen molar-refractivity contribution in [1.29, 1.82) is 0 Å². The molecule has 1 N–H and O–H groups in total. The number of ether oxygens (including phenoxy) is 1. The molecule has 1 amide bonds. The monoisotopic (exact) mass is 405 g/mol. The lowest BCUT2D eigenvalue weighted by molar-refractivity contribution is -0.0704. The van der Waals surface area contributed by atoms with E-state index >= 15 is 0 Å². The van der Waals surface area contributed by atoms with Crippen LogP contribution in [0.5, 0.6) is 0 Å². The first kappa shape index (κ1) is 20.3. The van der Waals surface area contributed by atoms with Gasteiger partial charge in [0.15, 0.2) is 5.82 Å². The van der Waals surface area contributed by atoms with Crippen molar-refractivity contribution in [2.24, 2.45) is 0 Å². The lowest BCUT2D eigenvalue weighted by Crippen LogP contribution is -2.44. The summed E-state index contributed by atoms with van der Waals surface area (Å²) in [7, 11) is 0. The summed E-state index contributed by atoms with van der Waals surface area (Å²) in [5, 5.41) is 7.21. The quantitative estimate of drug-likeness (QED) is 0.683. The predicted molar refractivity (Wildman–Crippen MR) is 114 cm³/mol. The number of hydrogen-bond donors (Lipinski definition) is 1. The van der Waals surface area contributed by atoms with Crippen LogP contribution >= 0.6 is 0 Å². The zero-order chi connectivity index (χ0) is 20.9. The first-order valence-corrected chi connectivity index (χ1v) is 10.3. The molecule has 2 aromatic heterocycles. The molecule has 1 aromatic carbocycles. The van der Waals surface area contributed by atoms with Gasteiger partial charge in [0.2, 0.25) is 0 Å². The van der Waals surface area contributed by atoms with E-state index < -0.39 is 0 Å². The maximum atomic E-state index is 12.6. The lowest BCUT2D eigenvalue weighted by atomic mass is 10.1. The molecule has 1 aliphatic rings. The molecule has 1 aliphatic heterocycles. The molecule has 7 heteroatoms. The van der Waals surface area contributed by atoms with Crippen LogP contribution in [0.1, 0.15) is 35.3 Å². The van der Waals surface area contributed by atoms with Gasteiger partial charge in [0.25, 0.3) is 5.91 Å². The van der Waals surface area contributed by atoms with Gasteiger partial charge in [-0.1, -0.05) is 18.2 Å². The number of nitrogens with one attached hydrogen (secondary N) is 1. The minimum absolute atomic E-state index is 0.106. The van der Waals surface area contributed by atoms with Gasteiger partial charge < -0.3 is 10.1 Å². The highest BCUT2D eigenvalue weighted by Crippen LogP contribution is 2.15. The van der Waals surface area contributed by atoms with Crippen LogP contribution in [0, 0.1) is 0 Å². The van der Waals surface area contributed by atoms with Crippen molar-refractivity contribution >= 4 is 5.91 Å². The number of carbonyl (C=O) groups is 1. The summed E-state index contributed by atoms with van der Waals surface area (Å²) in [5.74, 6) is 0.609. The Hall–Kier alpha value is -3.03. The van der Waals surface area contributed by atoms with E-state index in [0.29, 0.717) is 17.9 Å². The molecule has 0 bridgehead atoms. The van der Waals surface area contributed by atoms with Gasteiger partial charge in [-0.3, -0.25) is 9.69 Å². The third kappa shape index (κ3) is 4.93. The summed E-state index contributed by atoms with van der Waals surface area (Å²) in [5.41, 5.74) is 2.75. The van der Waals surface area contributed by atoms with Crippen molar-refractivity contribution in [2.45, 2.75) is 39.1 Å². The van der Waals surface area contributed by atoms with Crippen LogP contribution in [-0.2, 0) is 17.8 Å². The van der Waals surface area contributed by atoms with Gasteiger partial charge >= 0.3 is 0 Å². The largest absolute Gasteiger partial charge is 0.373 e. The number of amides is 1. The highest BCUT2D eigenvalue weighted by Gasteiger charge is 2.22. The van der Waals surface area contributed by atoms with Gasteiger partial charge in [-0.2, -0.15) is 5.10 Å². The van der Waals surface area contributed by atoms with Crippen LogP contribution in [0.25, 0.3) is 5.82 Å². The van der Waals surface area contributed by atoms with Crippen LogP contribution in [0.2, 0.25) is 0 Å². The second-order valence-electron chi connectivity index (χ2n) is 7.77. The van der Waals surface area contributed by atoms with Crippen molar-refractivity contribution in [3.63, 3.8) is 0 Å². The molecule has 7 nitrogen and oxygen atoms in total. The Bertz CT molecular complexity index is 962. The smallest absolute Gasteiger partial charge is 0.251 e. The fraction of sp³-hybridized carbons (Fsp3) is 0.348. The van der Waals surface area contributed by atoms with Crippen molar-refractivity contribution in [2.75, 3.05) is 13.1 Å². The molecular formula is C23H27N5O2. The second kappa shape index (κ2) is 9.19. The second-order valence-corrected chi connectivity index (χ2v) is 7.77. The van der Waals surface area contributed by atoms with E-state index in [1.165, 1.54) is 5.56 Å². The molecule has 156 valence electrons. The van der Waals surface area contributed by atoms with Gasteiger partial charge in [0.05, 0.1) is 12.2 Å². The molecule has 4 rings (SSSR count). The average molecular weight is 406 g/mol. The van der Waals surface area contributed by atoms with Crippen LogP contribution in [0.15, 0.2) is 61.1 Å². The van der Waals surface area contributed by atoms with Gasteiger partial charge in [-0.25, -0.2) is 9.67 Å². The number of rotatable bonds is 6. The molecule has 0 saturated carbocycles. The Balaban J connectivity index is 1.36. The van der Waals surface area contributed by atoms with E-state index in [-0.39, 0.29) is 18.1 Å². The molecule has 1 fully saturated rings. The number of carbonyl (C=O) groups excluding carboxylic acids is 1. The third-order valence-electron chi connectivity index (χ3n) is 5.15. The Morgan fingerprint density at radius 3 is 2.57 bits per heavy atom. The van der Waals surface area contributed by atoms with Crippen molar-refractivity contribution in [3.8, 4) is 5.82 Å². The number of benzene rings is 1. The minimum atomic E-state index is -0.106. The fourth-order valence-electron chi connectivity index (χ4n) is 3.88. The van der Waals surface area contributed by atoms with Crippen molar-refractivity contribution < 1.29 is 9.53 Å². The predicted octanol–water partition coefficient (Wildman–Crippen LogP) is 2.81. The van der Waals surface area contributed by atoms with Crippen LogP contribution in [0.4, 0.5) is 0 Å². The first-order chi connectivity index (χ1) is 14.6. The molecule has 1 saturated heterocycles. The Kier molecular flexibility index (Phi) is 6.21. The number of aromatic nitrogens is 3. The Morgan fingerprint density at radius 2 is 1.87 bits per heavy atom. The molecule has 3 heterocycles. The maximum absolute atomic E-state index is 12.6. The molecule has 0 aliphatic carbocycles. The van der Waals surface area contributed by atoms with E-state index in [1.54, 1.807) is 17.1 Å². The molecule has 0 radical (unpaired) electrons. The minimum Gasteiger partial charge on any atom is -0.373 e. The highest BCUT2D eigenvalue weighted by molar-refractivity contribution is 5.94. The summed E-state index contributed by atoms with van der Waals surface area (Å²) in [6.07, 6.45) is 5.76. The highest BCUT2D eigenvalue weighted by atomic mass is 16.5. The van der Waals surface area contributed by atoms with Gasteiger partial charge in [-0.15, -0.1) is 0 Å². The first-order valence-electron chi connectivity index (χ1n) is 10.3. The summed E-state index contributed by atoms with van der Waals surface area (Å²) in [6.45, 7) is 7.31. The molecule has 3 aromatic rings. The van der Waals surface area contributed by atoms with E-state index in [9.17, 15) is 4.79 Å². The third-order valence-corrected chi connectivity index (χ3v) is 5.15. The fourth-order valence-corrected chi connectivity index (χ4v) is 3.88. The number of hydrogen-bond acceptors (Lipinski definition) is 5. The van der Waals surface area contributed by atoms with Gasteiger partial charge in [0.1, 0.15) is 0 Å². The average Bonchev–Trinajstić information content (AvgIpc) is 3.27. The Labute approximate surface area is 176 Å². The topological polar surface area (TPSA) is 72.3 Å². The molecule has 0 spiro atoms. The van der Waals surface area contributed by atoms with E-state index in [0.717, 1.165) is 25.2 Å². The van der Waals surface area contributed by atoms with Crippen LogP contribution < -0.4 is 5.32 Å². The zero-order valence-electron chi connectivity index (χ0n) is 17.4. The summed E-state index contributed by atoms with van der Waals surface area (Å²) in [6, 6.07) is 13.5. The van der Waals surface area contributed by atoms with Gasteiger partial charge in [0, 0.05) is 55.9 Å². The normalized spacial score (nSPS) is 19.5. The Morgan fingerprint density at radius 1 is 1.10 bits per heavy atom. The number of nitrogens with zero attached hydrogens (tertiary/aromatic N) is 4.